The second kappa shape index (κ2) is 5.50. The van der Waals surface area contributed by atoms with Crippen LogP contribution in [0.3, 0.4) is 0 Å². The summed E-state index contributed by atoms with van der Waals surface area (Å²) in [6.07, 6.45) is -2.47. The fourth-order valence-electron chi connectivity index (χ4n) is 3.53. The Morgan fingerprint density at radius 3 is 2.38 bits per heavy atom. The molecule has 0 radical (unpaired) electrons. The number of carbonyl (C=O) groups is 2. The number of hydrogen-bond acceptors (Lipinski definition) is 2. The molecule has 2 rings (SSSR count). The van der Waals surface area contributed by atoms with E-state index >= 15 is 0 Å². The number of carbonyl (C=O) groups excluding carboxylic acids is 2. The lowest BCUT2D eigenvalue weighted by Crippen LogP contribution is -2.71. The maximum atomic E-state index is 12.7. The Balaban J connectivity index is 2.29. The minimum atomic E-state index is -4.35. The summed E-state index contributed by atoms with van der Waals surface area (Å²) < 4.78 is 37.9. The van der Waals surface area contributed by atoms with Crippen LogP contribution in [0.2, 0.25) is 0 Å². The predicted octanol–water partition coefficient (Wildman–Crippen LogP) is 2.38. The summed E-state index contributed by atoms with van der Waals surface area (Å²) in [7, 11) is 0. The first kappa shape index (κ1) is 16.1. The molecule has 0 bridgehead atoms. The number of amides is 2. The zero-order chi connectivity index (χ0) is 15.8. The average molecular weight is 306 g/mol. The van der Waals surface area contributed by atoms with Crippen molar-refractivity contribution in [2.24, 2.45) is 0 Å². The molecule has 1 N–H and O–H groups in total. The topological polar surface area (TPSA) is 49.4 Å². The molecule has 1 aliphatic carbocycles. The third-order valence-corrected chi connectivity index (χ3v) is 4.49. The summed E-state index contributed by atoms with van der Waals surface area (Å²) in [6, 6.07) is -1.83. The summed E-state index contributed by atoms with van der Waals surface area (Å²) in [5.74, 6) is -0.670. The monoisotopic (exact) mass is 306 g/mol. The molecular weight excluding hydrogens is 285 g/mol. The van der Waals surface area contributed by atoms with Crippen molar-refractivity contribution in [3.05, 3.63) is 0 Å². The Bertz CT molecular complexity index is 430. The van der Waals surface area contributed by atoms with Crippen LogP contribution >= 0.6 is 0 Å². The maximum absolute atomic E-state index is 12.7. The Labute approximate surface area is 122 Å². The fraction of sp³-hybridized carbons (Fsp3) is 0.857. The molecule has 21 heavy (non-hydrogen) atoms. The second-order valence-electron chi connectivity index (χ2n) is 6.08. The van der Waals surface area contributed by atoms with Gasteiger partial charge in [0.1, 0.15) is 11.6 Å². The molecule has 2 fully saturated rings. The van der Waals surface area contributed by atoms with Crippen molar-refractivity contribution in [1.29, 1.82) is 0 Å². The van der Waals surface area contributed by atoms with Crippen molar-refractivity contribution in [2.75, 3.05) is 0 Å². The molecule has 4 nitrogen and oxygen atoms in total. The Hall–Kier alpha value is -1.27. The molecule has 1 saturated carbocycles. The number of nitrogens with one attached hydrogen (secondary N) is 1. The van der Waals surface area contributed by atoms with Gasteiger partial charge in [0, 0.05) is 6.04 Å². The van der Waals surface area contributed by atoms with E-state index in [2.05, 4.69) is 5.32 Å². The summed E-state index contributed by atoms with van der Waals surface area (Å²) >= 11 is 0. The molecule has 2 unspecified atom stereocenters. The first-order chi connectivity index (χ1) is 9.70. The number of nitrogens with zero attached hydrogens (tertiary/aromatic N) is 1. The van der Waals surface area contributed by atoms with Crippen LogP contribution in [0.15, 0.2) is 0 Å². The summed E-state index contributed by atoms with van der Waals surface area (Å²) in [5.41, 5.74) is -0.970. The molecule has 0 aromatic heterocycles. The SMILES string of the molecule is CCC1C(=O)NC2(CCCC2)C(=O)N1C(C)CC(F)(F)F. The minimum absolute atomic E-state index is 0.315. The normalized spacial score (nSPS) is 27.1. The summed E-state index contributed by atoms with van der Waals surface area (Å²) in [4.78, 5) is 26.1. The average Bonchev–Trinajstić information content (AvgIpc) is 2.80. The molecule has 1 spiro atoms. The number of halogens is 3. The quantitative estimate of drug-likeness (QED) is 0.870. The van der Waals surface area contributed by atoms with Gasteiger partial charge < -0.3 is 10.2 Å². The smallest absolute Gasteiger partial charge is 0.340 e. The van der Waals surface area contributed by atoms with Gasteiger partial charge in [-0.05, 0) is 26.2 Å². The van der Waals surface area contributed by atoms with Crippen molar-refractivity contribution in [3.63, 3.8) is 0 Å². The van der Waals surface area contributed by atoms with Crippen LogP contribution in [0.5, 0.6) is 0 Å². The van der Waals surface area contributed by atoms with Crippen molar-refractivity contribution in [1.82, 2.24) is 10.2 Å². The molecule has 2 aliphatic rings. The third kappa shape index (κ3) is 3.01. The first-order valence-electron chi connectivity index (χ1n) is 7.42. The molecule has 7 heteroatoms. The zero-order valence-electron chi connectivity index (χ0n) is 12.3. The standard InChI is InChI=1S/C14H21F3N2O2/c1-3-10-11(20)18-13(6-4-5-7-13)12(21)19(10)9(2)8-14(15,16)17/h9-10H,3-8H2,1-2H3,(H,18,20). The van der Waals surface area contributed by atoms with E-state index in [9.17, 15) is 22.8 Å². The van der Waals surface area contributed by atoms with Gasteiger partial charge in [-0.15, -0.1) is 0 Å². The van der Waals surface area contributed by atoms with Crippen molar-refractivity contribution in [2.45, 2.75) is 76.2 Å². The largest absolute Gasteiger partial charge is 0.391 e. The molecule has 120 valence electrons. The highest BCUT2D eigenvalue weighted by molar-refractivity contribution is 6.00. The summed E-state index contributed by atoms with van der Waals surface area (Å²) in [5, 5.41) is 2.78. The highest BCUT2D eigenvalue weighted by Gasteiger charge is 2.53. The van der Waals surface area contributed by atoms with Crippen LogP contribution in [0, 0.1) is 0 Å². The van der Waals surface area contributed by atoms with E-state index in [1.807, 2.05) is 0 Å². The van der Waals surface area contributed by atoms with Gasteiger partial charge in [0.25, 0.3) is 0 Å². The van der Waals surface area contributed by atoms with Gasteiger partial charge in [-0.3, -0.25) is 9.59 Å². The molecule has 2 atom stereocenters. The van der Waals surface area contributed by atoms with Crippen molar-refractivity contribution < 1.29 is 22.8 Å². The van der Waals surface area contributed by atoms with Crippen LogP contribution in [-0.2, 0) is 9.59 Å². The lowest BCUT2D eigenvalue weighted by Gasteiger charge is -2.47. The highest BCUT2D eigenvalue weighted by Crippen LogP contribution is 2.37. The van der Waals surface area contributed by atoms with Crippen LogP contribution in [0.1, 0.15) is 52.4 Å². The lowest BCUT2D eigenvalue weighted by molar-refractivity contribution is -0.169. The molecular formula is C14H21F3N2O2. The lowest BCUT2D eigenvalue weighted by atomic mass is 9.88. The van der Waals surface area contributed by atoms with Gasteiger partial charge in [-0.25, -0.2) is 0 Å². The van der Waals surface area contributed by atoms with Gasteiger partial charge in [0.15, 0.2) is 0 Å². The van der Waals surface area contributed by atoms with E-state index in [0.717, 1.165) is 12.8 Å². The van der Waals surface area contributed by atoms with E-state index < -0.39 is 30.2 Å². The number of piperazine rings is 1. The van der Waals surface area contributed by atoms with Gasteiger partial charge in [0.2, 0.25) is 11.8 Å². The number of hydrogen-bond donors (Lipinski definition) is 1. The van der Waals surface area contributed by atoms with Crippen LogP contribution in [0.25, 0.3) is 0 Å². The van der Waals surface area contributed by atoms with Crippen molar-refractivity contribution >= 4 is 11.8 Å². The number of alkyl halides is 3. The highest BCUT2D eigenvalue weighted by atomic mass is 19.4. The van der Waals surface area contributed by atoms with Gasteiger partial charge >= 0.3 is 6.18 Å². The molecule has 1 saturated heterocycles. The van der Waals surface area contributed by atoms with E-state index in [-0.39, 0.29) is 11.8 Å². The van der Waals surface area contributed by atoms with Crippen molar-refractivity contribution in [3.8, 4) is 0 Å². The third-order valence-electron chi connectivity index (χ3n) is 4.49. The number of rotatable bonds is 3. The summed E-state index contributed by atoms with van der Waals surface area (Å²) in [6.45, 7) is 3.08. The van der Waals surface area contributed by atoms with Crippen LogP contribution in [0.4, 0.5) is 13.2 Å². The fourth-order valence-corrected chi connectivity index (χ4v) is 3.53. The molecule has 0 aromatic carbocycles. The van der Waals surface area contributed by atoms with E-state index in [0.29, 0.717) is 19.3 Å². The van der Waals surface area contributed by atoms with E-state index in [1.165, 1.54) is 11.8 Å². The molecule has 1 aliphatic heterocycles. The predicted molar refractivity (Wildman–Crippen MR) is 70.4 cm³/mol. The Kier molecular flexibility index (Phi) is 4.22. The first-order valence-corrected chi connectivity index (χ1v) is 7.42. The van der Waals surface area contributed by atoms with Crippen LogP contribution < -0.4 is 5.32 Å². The van der Waals surface area contributed by atoms with Crippen LogP contribution in [-0.4, -0.2) is 40.5 Å². The van der Waals surface area contributed by atoms with Gasteiger partial charge in [-0.1, -0.05) is 19.8 Å². The zero-order valence-corrected chi connectivity index (χ0v) is 12.3. The molecule has 1 heterocycles. The molecule has 2 amide bonds. The Morgan fingerprint density at radius 2 is 1.90 bits per heavy atom. The Morgan fingerprint density at radius 1 is 1.33 bits per heavy atom. The van der Waals surface area contributed by atoms with Gasteiger partial charge in [0.05, 0.1) is 6.42 Å². The second-order valence-corrected chi connectivity index (χ2v) is 6.08. The van der Waals surface area contributed by atoms with Gasteiger partial charge in [-0.2, -0.15) is 13.2 Å². The maximum Gasteiger partial charge on any atom is 0.391 e. The molecule has 0 aromatic rings. The minimum Gasteiger partial charge on any atom is -0.340 e. The van der Waals surface area contributed by atoms with E-state index in [1.54, 1.807) is 6.92 Å². The van der Waals surface area contributed by atoms with E-state index in [4.69, 9.17) is 0 Å².